The molecule has 1 amide bonds. The van der Waals surface area contributed by atoms with Crippen LogP contribution in [0.5, 0.6) is 0 Å². The van der Waals surface area contributed by atoms with Gasteiger partial charge in [0.25, 0.3) is 0 Å². The van der Waals surface area contributed by atoms with Crippen LogP contribution >= 0.6 is 0 Å². The molecule has 102 valence electrons. The van der Waals surface area contributed by atoms with Crippen molar-refractivity contribution in [2.75, 3.05) is 6.61 Å². The molecule has 4 aliphatic carbocycles. The summed E-state index contributed by atoms with van der Waals surface area (Å²) >= 11 is 0. The van der Waals surface area contributed by atoms with Gasteiger partial charge in [0, 0.05) is 0 Å². The number of carbonyl (C=O) groups is 1. The van der Waals surface area contributed by atoms with Crippen LogP contribution in [0.4, 0.5) is 4.79 Å². The van der Waals surface area contributed by atoms with Crippen molar-refractivity contribution in [3.63, 3.8) is 0 Å². The van der Waals surface area contributed by atoms with Crippen molar-refractivity contribution in [3.8, 4) is 0 Å². The highest BCUT2D eigenvalue weighted by Crippen LogP contribution is 2.62. The van der Waals surface area contributed by atoms with Crippen molar-refractivity contribution in [2.45, 2.75) is 37.9 Å². The van der Waals surface area contributed by atoms with Crippen LogP contribution in [0.2, 0.25) is 0 Å². The highest BCUT2D eigenvalue weighted by atomic mass is 16.6. The van der Waals surface area contributed by atoms with E-state index in [4.69, 9.17) is 10.5 Å². The average molecular weight is 255 g/mol. The van der Waals surface area contributed by atoms with Crippen molar-refractivity contribution < 1.29 is 19.7 Å². The minimum atomic E-state index is -0.930. The van der Waals surface area contributed by atoms with Crippen LogP contribution in [0.15, 0.2) is 0 Å². The smallest absolute Gasteiger partial charge is 0.404 e. The molecule has 4 aliphatic rings. The molecular formula is C13H21NO4. The molecule has 0 saturated heterocycles. The van der Waals surface area contributed by atoms with Gasteiger partial charge in [0.1, 0.15) is 0 Å². The Balaban J connectivity index is 1.72. The lowest BCUT2D eigenvalue weighted by molar-refractivity contribution is -0.0734. The Morgan fingerprint density at radius 1 is 1.28 bits per heavy atom. The number of hydrogen-bond donors (Lipinski definition) is 3. The Morgan fingerprint density at radius 3 is 2.61 bits per heavy atom. The zero-order chi connectivity index (χ0) is 12.9. The summed E-state index contributed by atoms with van der Waals surface area (Å²) in [6, 6.07) is 0. The molecule has 4 fully saturated rings. The van der Waals surface area contributed by atoms with Gasteiger partial charge in [-0.3, -0.25) is 0 Å². The molecule has 0 aliphatic heterocycles. The van der Waals surface area contributed by atoms with Gasteiger partial charge in [-0.05, 0) is 55.3 Å². The van der Waals surface area contributed by atoms with Crippen LogP contribution in [-0.4, -0.2) is 35.1 Å². The van der Waals surface area contributed by atoms with E-state index in [1.165, 1.54) is 25.7 Å². The Hall–Kier alpha value is -0.810. The van der Waals surface area contributed by atoms with Crippen molar-refractivity contribution in [2.24, 2.45) is 35.3 Å². The summed E-state index contributed by atoms with van der Waals surface area (Å²) in [6.07, 6.45) is 2.29. The third kappa shape index (κ3) is 1.80. The molecule has 5 heteroatoms. The summed E-state index contributed by atoms with van der Waals surface area (Å²) in [5, 5.41) is 19.7. The lowest BCUT2D eigenvalue weighted by Gasteiger charge is -2.37. The van der Waals surface area contributed by atoms with Gasteiger partial charge in [-0.1, -0.05) is 0 Å². The first-order chi connectivity index (χ1) is 8.60. The molecule has 0 aromatic rings. The highest BCUT2D eigenvalue weighted by molar-refractivity contribution is 5.64. The number of carbonyl (C=O) groups excluding carboxylic acids is 1. The topological polar surface area (TPSA) is 92.8 Å². The fourth-order valence-corrected chi connectivity index (χ4v) is 4.93. The Labute approximate surface area is 106 Å². The van der Waals surface area contributed by atoms with Crippen molar-refractivity contribution in [1.29, 1.82) is 0 Å². The minimum absolute atomic E-state index is 0.172. The van der Waals surface area contributed by atoms with Gasteiger partial charge in [-0.2, -0.15) is 0 Å². The van der Waals surface area contributed by atoms with Crippen LogP contribution in [-0.2, 0) is 4.74 Å². The number of aliphatic hydroxyl groups is 2. The maximum Gasteiger partial charge on any atom is 0.404 e. The maximum absolute atomic E-state index is 10.8. The molecule has 0 radical (unpaired) electrons. The standard InChI is InChI=1S/C13H21NO4/c14-13(17)18-10(5-15)12(16)11-8-2-6-1-7(4-8)9(11)3-6/h6-12,15-16H,1-5H2,(H2,14,17). The van der Waals surface area contributed by atoms with E-state index in [9.17, 15) is 15.0 Å². The van der Waals surface area contributed by atoms with Crippen molar-refractivity contribution >= 4 is 6.09 Å². The number of hydrogen-bond acceptors (Lipinski definition) is 4. The molecule has 7 unspecified atom stereocenters. The molecule has 0 spiro atoms. The van der Waals surface area contributed by atoms with Gasteiger partial charge in [-0.15, -0.1) is 0 Å². The molecule has 0 heterocycles. The van der Waals surface area contributed by atoms with Crippen LogP contribution in [0.3, 0.4) is 0 Å². The molecule has 4 N–H and O–H groups in total. The van der Waals surface area contributed by atoms with E-state index < -0.39 is 18.3 Å². The van der Waals surface area contributed by atoms with E-state index in [0.717, 1.165) is 11.8 Å². The third-order valence-corrected chi connectivity index (χ3v) is 5.35. The molecule has 4 saturated carbocycles. The molecule has 18 heavy (non-hydrogen) atoms. The van der Waals surface area contributed by atoms with Crippen molar-refractivity contribution in [3.05, 3.63) is 0 Å². The molecule has 5 nitrogen and oxygen atoms in total. The van der Waals surface area contributed by atoms with E-state index in [1.807, 2.05) is 0 Å². The number of amides is 1. The van der Waals surface area contributed by atoms with Crippen molar-refractivity contribution in [1.82, 2.24) is 0 Å². The largest absolute Gasteiger partial charge is 0.441 e. The first-order valence-electron chi connectivity index (χ1n) is 6.85. The molecule has 4 bridgehead atoms. The second kappa shape index (κ2) is 4.38. The monoisotopic (exact) mass is 255 g/mol. The zero-order valence-corrected chi connectivity index (χ0v) is 10.4. The van der Waals surface area contributed by atoms with Gasteiger partial charge >= 0.3 is 6.09 Å². The predicted molar refractivity (Wildman–Crippen MR) is 63.5 cm³/mol. The quantitative estimate of drug-likeness (QED) is 0.681. The number of primary amides is 1. The SMILES string of the molecule is NC(=O)OC(CO)C(O)C1C2CC3CC(C2)C1C3. The summed E-state index contributed by atoms with van der Waals surface area (Å²) in [7, 11) is 0. The summed E-state index contributed by atoms with van der Waals surface area (Å²) in [6.45, 7) is -0.367. The Morgan fingerprint density at radius 2 is 2.00 bits per heavy atom. The zero-order valence-electron chi connectivity index (χ0n) is 10.4. The average Bonchev–Trinajstić information content (AvgIpc) is 2.73. The molecule has 4 rings (SSSR count). The first kappa shape index (κ1) is 12.2. The fourth-order valence-electron chi connectivity index (χ4n) is 4.93. The van der Waals surface area contributed by atoms with Gasteiger partial charge in [0.2, 0.25) is 0 Å². The summed E-state index contributed by atoms with van der Waals surface area (Å²) in [5.74, 6) is 2.83. The highest BCUT2D eigenvalue weighted by Gasteiger charge is 2.56. The predicted octanol–water partition coefficient (Wildman–Crippen LogP) is 0.486. The number of nitrogens with two attached hydrogens (primary N) is 1. The Kier molecular flexibility index (Phi) is 2.98. The van der Waals surface area contributed by atoms with E-state index >= 15 is 0 Å². The van der Waals surface area contributed by atoms with Gasteiger partial charge < -0.3 is 20.7 Å². The van der Waals surface area contributed by atoms with Gasteiger partial charge in [-0.25, -0.2) is 4.79 Å². The second-order valence-electron chi connectivity index (χ2n) is 6.22. The van der Waals surface area contributed by atoms with E-state index in [-0.39, 0.29) is 12.5 Å². The summed E-state index contributed by atoms with van der Waals surface area (Å²) in [4.78, 5) is 10.8. The number of rotatable bonds is 4. The molecule has 7 atom stereocenters. The summed E-state index contributed by atoms with van der Waals surface area (Å²) in [5.41, 5.74) is 4.97. The number of ether oxygens (including phenoxy) is 1. The van der Waals surface area contributed by atoms with E-state index in [2.05, 4.69) is 0 Å². The van der Waals surface area contributed by atoms with Crippen LogP contribution in [0.25, 0.3) is 0 Å². The van der Waals surface area contributed by atoms with E-state index in [0.29, 0.717) is 11.8 Å². The molecule has 0 aromatic heterocycles. The normalized spacial score (nSPS) is 44.0. The fraction of sp³-hybridized carbons (Fsp3) is 0.923. The Bertz CT molecular complexity index is 344. The minimum Gasteiger partial charge on any atom is -0.441 e. The number of aliphatic hydroxyl groups excluding tert-OH is 2. The van der Waals surface area contributed by atoms with Crippen LogP contribution in [0, 0.1) is 29.6 Å². The molecular weight excluding hydrogens is 234 g/mol. The van der Waals surface area contributed by atoms with Crippen LogP contribution in [0.1, 0.15) is 25.7 Å². The molecule has 0 aromatic carbocycles. The lowest BCUT2D eigenvalue weighted by atomic mass is 9.72. The second-order valence-corrected chi connectivity index (χ2v) is 6.22. The lowest BCUT2D eigenvalue weighted by Crippen LogP contribution is -2.45. The van der Waals surface area contributed by atoms with Gasteiger partial charge in [0.05, 0.1) is 12.7 Å². The first-order valence-corrected chi connectivity index (χ1v) is 6.85. The van der Waals surface area contributed by atoms with Crippen LogP contribution < -0.4 is 5.73 Å². The third-order valence-electron chi connectivity index (χ3n) is 5.35. The van der Waals surface area contributed by atoms with Gasteiger partial charge in [0.15, 0.2) is 6.10 Å². The summed E-state index contributed by atoms with van der Waals surface area (Å²) < 4.78 is 4.83. The maximum atomic E-state index is 10.8. The van der Waals surface area contributed by atoms with E-state index in [1.54, 1.807) is 0 Å².